The molecule has 0 aliphatic rings. The highest BCUT2D eigenvalue weighted by Gasteiger charge is 2.17. The van der Waals surface area contributed by atoms with Crippen LogP contribution in [0.4, 0.5) is 0 Å². The molecule has 8 heteroatoms. The number of aromatic nitrogens is 2. The molecule has 1 atom stereocenters. The normalized spacial score (nSPS) is 12.5. The lowest BCUT2D eigenvalue weighted by atomic mass is 10.2. The van der Waals surface area contributed by atoms with Crippen LogP contribution in [0.25, 0.3) is 10.9 Å². The second-order valence-corrected chi connectivity index (χ2v) is 6.89. The zero-order chi connectivity index (χ0) is 16.3. The van der Waals surface area contributed by atoms with E-state index in [1.807, 2.05) is 6.07 Å². The van der Waals surface area contributed by atoms with Gasteiger partial charge in [-0.05, 0) is 25.1 Å². The van der Waals surface area contributed by atoms with Gasteiger partial charge in [0.15, 0.2) is 5.16 Å². The van der Waals surface area contributed by atoms with E-state index in [0.717, 1.165) is 4.47 Å². The predicted octanol–water partition coefficient (Wildman–Crippen LogP) is 1.77. The van der Waals surface area contributed by atoms with Crippen molar-refractivity contribution in [1.29, 1.82) is 0 Å². The lowest BCUT2D eigenvalue weighted by Gasteiger charge is -2.14. The van der Waals surface area contributed by atoms with E-state index in [1.165, 1.54) is 16.3 Å². The van der Waals surface area contributed by atoms with E-state index in [-0.39, 0.29) is 5.56 Å². The Morgan fingerprint density at radius 2 is 2.27 bits per heavy atom. The first kappa shape index (κ1) is 17.0. The van der Waals surface area contributed by atoms with Crippen LogP contribution in [0.2, 0.25) is 0 Å². The second kappa shape index (κ2) is 7.26. The van der Waals surface area contributed by atoms with Crippen molar-refractivity contribution in [3.05, 3.63) is 33.0 Å². The van der Waals surface area contributed by atoms with E-state index >= 15 is 0 Å². The number of halogens is 1. The van der Waals surface area contributed by atoms with Gasteiger partial charge in [-0.3, -0.25) is 14.2 Å². The maximum atomic E-state index is 12.7. The first-order valence-corrected chi connectivity index (χ1v) is 8.26. The standard InChI is InChI=1S/C14H16BrN3O3S/c1-8(12(16)19)22-14-17-11-4-3-9(15)7-10(11)13(20)18(14)5-6-21-2/h3-4,7-8H,5-6H2,1-2H3,(H2,16,19)/t8-/m1/s1. The zero-order valence-corrected chi connectivity index (χ0v) is 14.6. The van der Waals surface area contributed by atoms with Gasteiger partial charge in [-0.25, -0.2) is 4.98 Å². The number of hydrogen-bond acceptors (Lipinski definition) is 5. The van der Waals surface area contributed by atoms with Crippen molar-refractivity contribution in [3.8, 4) is 0 Å². The van der Waals surface area contributed by atoms with Crippen LogP contribution in [0, 0.1) is 0 Å². The number of benzene rings is 1. The van der Waals surface area contributed by atoms with Crippen LogP contribution in [0.5, 0.6) is 0 Å². The molecule has 0 unspecified atom stereocenters. The molecule has 2 aromatic rings. The number of thioether (sulfide) groups is 1. The highest BCUT2D eigenvalue weighted by Crippen LogP contribution is 2.23. The number of nitrogens with zero attached hydrogens (tertiary/aromatic N) is 2. The number of primary amides is 1. The third-order valence-corrected chi connectivity index (χ3v) is 4.68. The summed E-state index contributed by atoms with van der Waals surface area (Å²) in [7, 11) is 1.56. The van der Waals surface area contributed by atoms with Gasteiger partial charge >= 0.3 is 0 Å². The minimum Gasteiger partial charge on any atom is -0.383 e. The molecule has 1 amide bonds. The molecule has 1 aromatic heterocycles. The number of ether oxygens (including phenoxy) is 1. The Bertz CT molecular complexity index is 763. The Kier molecular flexibility index (Phi) is 5.60. The summed E-state index contributed by atoms with van der Waals surface area (Å²) >= 11 is 4.53. The van der Waals surface area contributed by atoms with Gasteiger partial charge < -0.3 is 10.5 Å². The van der Waals surface area contributed by atoms with E-state index in [2.05, 4.69) is 20.9 Å². The summed E-state index contributed by atoms with van der Waals surface area (Å²) in [6.45, 7) is 2.42. The first-order chi connectivity index (χ1) is 10.4. The van der Waals surface area contributed by atoms with Gasteiger partial charge in [0.25, 0.3) is 5.56 Å². The number of carbonyl (C=O) groups is 1. The van der Waals surface area contributed by atoms with E-state index in [0.29, 0.717) is 29.2 Å². The number of hydrogen-bond donors (Lipinski definition) is 1. The Morgan fingerprint density at radius 1 is 1.55 bits per heavy atom. The van der Waals surface area contributed by atoms with E-state index in [4.69, 9.17) is 10.5 Å². The fourth-order valence-electron chi connectivity index (χ4n) is 1.86. The number of rotatable bonds is 6. The maximum Gasteiger partial charge on any atom is 0.262 e. The molecule has 0 aliphatic carbocycles. The summed E-state index contributed by atoms with van der Waals surface area (Å²) in [5.74, 6) is -0.451. The topological polar surface area (TPSA) is 87.2 Å². The smallest absolute Gasteiger partial charge is 0.262 e. The Hall–Kier alpha value is -1.38. The Balaban J connectivity index is 2.59. The minimum absolute atomic E-state index is 0.164. The average molecular weight is 386 g/mol. The van der Waals surface area contributed by atoms with Gasteiger partial charge in [-0.2, -0.15) is 0 Å². The lowest BCUT2D eigenvalue weighted by Crippen LogP contribution is -2.28. The van der Waals surface area contributed by atoms with Crippen LogP contribution in [0.15, 0.2) is 32.6 Å². The summed E-state index contributed by atoms with van der Waals surface area (Å²) < 4.78 is 7.37. The molecule has 0 saturated carbocycles. The number of methoxy groups -OCH3 is 1. The summed E-state index contributed by atoms with van der Waals surface area (Å²) in [5, 5.41) is 0.498. The summed E-state index contributed by atoms with van der Waals surface area (Å²) in [6.07, 6.45) is 0. The predicted molar refractivity (Wildman–Crippen MR) is 90.1 cm³/mol. The fraction of sp³-hybridized carbons (Fsp3) is 0.357. The number of carbonyl (C=O) groups excluding carboxylic acids is 1. The molecule has 0 spiro atoms. The molecule has 1 heterocycles. The molecule has 0 saturated heterocycles. The average Bonchev–Trinajstić information content (AvgIpc) is 2.47. The van der Waals surface area contributed by atoms with E-state index in [1.54, 1.807) is 26.2 Å². The lowest BCUT2D eigenvalue weighted by molar-refractivity contribution is -0.117. The van der Waals surface area contributed by atoms with Gasteiger partial charge in [0, 0.05) is 11.6 Å². The van der Waals surface area contributed by atoms with Crippen LogP contribution in [0.3, 0.4) is 0 Å². The fourth-order valence-corrected chi connectivity index (χ4v) is 3.10. The summed E-state index contributed by atoms with van der Waals surface area (Å²) in [6, 6.07) is 5.32. The molecule has 22 heavy (non-hydrogen) atoms. The third kappa shape index (κ3) is 3.68. The molecule has 0 bridgehead atoms. The highest BCUT2D eigenvalue weighted by atomic mass is 79.9. The van der Waals surface area contributed by atoms with Crippen LogP contribution in [0.1, 0.15) is 6.92 Å². The van der Waals surface area contributed by atoms with Crippen molar-refractivity contribution in [2.45, 2.75) is 23.9 Å². The Morgan fingerprint density at radius 3 is 2.91 bits per heavy atom. The largest absolute Gasteiger partial charge is 0.383 e. The molecule has 0 radical (unpaired) electrons. The number of nitrogens with two attached hydrogens (primary N) is 1. The van der Waals surface area contributed by atoms with Crippen LogP contribution in [-0.2, 0) is 16.1 Å². The van der Waals surface area contributed by atoms with Crippen molar-refractivity contribution < 1.29 is 9.53 Å². The number of amides is 1. The van der Waals surface area contributed by atoms with Crippen LogP contribution < -0.4 is 11.3 Å². The van der Waals surface area contributed by atoms with Gasteiger partial charge in [-0.1, -0.05) is 27.7 Å². The molecule has 1 aromatic carbocycles. The van der Waals surface area contributed by atoms with Gasteiger partial charge in [0.1, 0.15) is 0 Å². The molecule has 0 fully saturated rings. The van der Waals surface area contributed by atoms with Gasteiger partial charge in [0.05, 0.1) is 29.3 Å². The van der Waals surface area contributed by atoms with Gasteiger partial charge in [0.2, 0.25) is 5.91 Å². The Labute approximate surface area is 140 Å². The summed E-state index contributed by atoms with van der Waals surface area (Å²) in [4.78, 5) is 28.4. The SMILES string of the molecule is COCCn1c(S[C@H](C)C(N)=O)nc2ccc(Br)cc2c1=O. The van der Waals surface area contributed by atoms with Crippen molar-refractivity contribution in [1.82, 2.24) is 9.55 Å². The number of fused-ring (bicyclic) bond motifs is 1. The molecule has 6 nitrogen and oxygen atoms in total. The van der Waals surface area contributed by atoms with Crippen molar-refractivity contribution in [2.75, 3.05) is 13.7 Å². The monoisotopic (exact) mass is 385 g/mol. The minimum atomic E-state index is -0.478. The first-order valence-electron chi connectivity index (χ1n) is 6.59. The molecule has 0 aliphatic heterocycles. The molecule has 2 N–H and O–H groups in total. The van der Waals surface area contributed by atoms with Crippen molar-refractivity contribution >= 4 is 44.5 Å². The highest BCUT2D eigenvalue weighted by molar-refractivity contribution is 9.10. The van der Waals surface area contributed by atoms with Crippen molar-refractivity contribution in [2.24, 2.45) is 5.73 Å². The molecule has 2 rings (SSSR count). The van der Waals surface area contributed by atoms with E-state index in [9.17, 15) is 9.59 Å². The second-order valence-electron chi connectivity index (χ2n) is 4.67. The van der Waals surface area contributed by atoms with Crippen molar-refractivity contribution in [3.63, 3.8) is 0 Å². The summed E-state index contributed by atoms with van der Waals surface area (Å²) in [5.41, 5.74) is 5.72. The maximum absolute atomic E-state index is 12.7. The van der Waals surface area contributed by atoms with Crippen LogP contribution >= 0.6 is 27.7 Å². The molecular formula is C14H16BrN3O3S. The van der Waals surface area contributed by atoms with Gasteiger partial charge in [-0.15, -0.1) is 0 Å². The van der Waals surface area contributed by atoms with E-state index < -0.39 is 11.2 Å². The zero-order valence-electron chi connectivity index (χ0n) is 12.2. The third-order valence-electron chi connectivity index (χ3n) is 3.08. The quantitative estimate of drug-likeness (QED) is 0.604. The molecular weight excluding hydrogens is 370 g/mol. The van der Waals surface area contributed by atoms with Crippen LogP contribution in [-0.4, -0.2) is 34.4 Å². The molecule has 118 valence electrons.